The van der Waals surface area contributed by atoms with Crippen LogP contribution in [-0.2, 0) is 6.54 Å². The fourth-order valence-corrected chi connectivity index (χ4v) is 1.98. The first-order valence-electron chi connectivity index (χ1n) is 5.26. The highest BCUT2D eigenvalue weighted by Crippen LogP contribution is 2.26. The van der Waals surface area contributed by atoms with Crippen molar-refractivity contribution in [1.29, 1.82) is 0 Å². The number of hydrogen-bond donors (Lipinski definition) is 3. The molecule has 0 unspecified atom stereocenters. The summed E-state index contributed by atoms with van der Waals surface area (Å²) in [7, 11) is 0. The molecule has 0 amide bonds. The Morgan fingerprint density at radius 2 is 2.06 bits per heavy atom. The van der Waals surface area contributed by atoms with E-state index in [1.165, 1.54) is 6.33 Å². The monoisotopic (exact) mass is 312 g/mol. The van der Waals surface area contributed by atoms with Crippen LogP contribution in [0.5, 0.6) is 0 Å². The van der Waals surface area contributed by atoms with E-state index >= 15 is 0 Å². The SMILES string of the molecule is Cc1noc(C)c1CNc1ncnc(NN)c1Br. The van der Waals surface area contributed by atoms with Crippen LogP contribution in [0.4, 0.5) is 11.6 Å². The summed E-state index contributed by atoms with van der Waals surface area (Å²) in [6, 6.07) is 0. The number of rotatable bonds is 4. The Bertz CT molecular complexity index is 536. The molecule has 2 aromatic rings. The summed E-state index contributed by atoms with van der Waals surface area (Å²) in [5, 5.41) is 7.07. The van der Waals surface area contributed by atoms with Gasteiger partial charge in [0, 0.05) is 12.1 Å². The summed E-state index contributed by atoms with van der Waals surface area (Å²) in [6.07, 6.45) is 1.43. The molecule has 0 aliphatic rings. The number of nitrogens with one attached hydrogen (secondary N) is 2. The van der Waals surface area contributed by atoms with E-state index in [2.05, 4.69) is 41.8 Å². The Morgan fingerprint density at radius 1 is 1.33 bits per heavy atom. The van der Waals surface area contributed by atoms with Crippen LogP contribution < -0.4 is 16.6 Å². The number of anilines is 2. The Morgan fingerprint density at radius 3 is 2.67 bits per heavy atom. The van der Waals surface area contributed by atoms with Crippen LogP contribution >= 0.6 is 15.9 Å². The highest BCUT2D eigenvalue weighted by atomic mass is 79.9. The van der Waals surface area contributed by atoms with E-state index in [0.29, 0.717) is 22.7 Å². The second kappa shape index (κ2) is 5.32. The highest BCUT2D eigenvalue weighted by Gasteiger charge is 2.11. The molecule has 0 aliphatic heterocycles. The molecule has 8 heteroatoms. The lowest BCUT2D eigenvalue weighted by Crippen LogP contribution is -2.11. The van der Waals surface area contributed by atoms with Crippen molar-refractivity contribution in [3.8, 4) is 0 Å². The van der Waals surface area contributed by atoms with E-state index in [1.54, 1.807) is 0 Å². The summed E-state index contributed by atoms with van der Waals surface area (Å²) < 4.78 is 5.77. The number of aromatic nitrogens is 3. The summed E-state index contributed by atoms with van der Waals surface area (Å²) in [4.78, 5) is 8.10. The first-order valence-corrected chi connectivity index (χ1v) is 6.05. The Kier molecular flexibility index (Phi) is 3.78. The van der Waals surface area contributed by atoms with Crippen LogP contribution in [-0.4, -0.2) is 15.1 Å². The van der Waals surface area contributed by atoms with E-state index in [1.807, 2.05) is 13.8 Å². The normalized spacial score (nSPS) is 10.4. The highest BCUT2D eigenvalue weighted by molar-refractivity contribution is 9.10. The van der Waals surface area contributed by atoms with Crippen molar-refractivity contribution in [2.45, 2.75) is 20.4 Å². The zero-order chi connectivity index (χ0) is 13.1. The van der Waals surface area contributed by atoms with Gasteiger partial charge in [-0.1, -0.05) is 5.16 Å². The predicted octanol–water partition coefficient (Wildman–Crippen LogP) is 1.74. The minimum Gasteiger partial charge on any atom is -0.365 e. The molecule has 0 atom stereocenters. The fraction of sp³-hybridized carbons (Fsp3) is 0.300. The van der Waals surface area contributed by atoms with E-state index < -0.39 is 0 Å². The molecule has 0 radical (unpaired) electrons. The van der Waals surface area contributed by atoms with Gasteiger partial charge in [-0.15, -0.1) is 0 Å². The number of nitrogens with two attached hydrogens (primary N) is 1. The van der Waals surface area contributed by atoms with Crippen molar-refractivity contribution < 1.29 is 4.52 Å². The maximum absolute atomic E-state index is 5.34. The van der Waals surface area contributed by atoms with Gasteiger partial charge >= 0.3 is 0 Å². The van der Waals surface area contributed by atoms with Gasteiger partial charge in [-0.25, -0.2) is 15.8 Å². The average Bonchev–Trinajstić information content (AvgIpc) is 2.68. The molecule has 7 nitrogen and oxygen atoms in total. The number of nitrogen functional groups attached to an aromatic ring is 1. The number of aryl methyl sites for hydroxylation is 2. The van der Waals surface area contributed by atoms with Crippen molar-refractivity contribution in [1.82, 2.24) is 15.1 Å². The van der Waals surface area contributed by atoms with Gasteiger partial charge < -0.3 is 15.3 Å². The minimum absolute atomic E-state index is 0.520. The Balaban J connectivity index is 2.16. The second-order valence-corrected chi connectivity index (χ2v) is 4.48. The lowest BCUT2D eigenvalue weighted by Gasteiger charge is -2.09. The maximum atomic E-state index is 5.34. The summed E-state index contributed by atoms with van der Waals surface area (Å²) in [5.74, 6) is 7.30. The van der Waals surface area contributed by atoms with Crippen molar-refractivity contribution in [3.05, 3.63) is 27.8 Å². The molecule has 0 aromatic carbocycles. The molecule has 0 aliphatic carbocycles. The van der Waals surface area contributed by atoms with Gasteiger partial charge in [0.15, 0.2) is 5.82 Å². The third-order valence-corrected chi connectivity index (χ3v) is 3.29. The molecule has 0 saturated carbocycles. The quantitative estimate of drug-likeness (QED) is 0.583. The first kappa shape index (κ1) is 12.8. The van der Waals surface area contributed by atoms with E-state index in [-0.39, 0.29) is 0 Å². The van der Waals surface area contributed by atoms with Crippen LogP contribution in [0.3, 0.4) is 0 Å². The molecular weight excluding hydrogens is 300 g/mol. The molecule has 2 heterocycles. The molecule has 2 rings (SSSR count). The number of hydrogen-bond acceptors (Lipinski definition) is 7. The molecule has 96 valence electrons. The van der Waals surface area contributed by atoms with Gasteiger partial charge in [0.2, 0.25) is 0 Å². The largest absolute Gasteiger partial charge is 0.365 e. The second-order valence-electron chi connectivity index (χ2n) is 3.69. The van der Waals surface area contributed by atoms with Crippen LogP contribution in [0.1, 0.15) is 17.0 Å². The fourth-order valence-electron chi connectivity index (χ4n) is 1.52. The van der Waals surface area contributed by atoms with Gasteiger partial charge in [0.05, 0.1) is 5.69 Å². The van der Waals surface area contributed by atoms with E-state index in [4.69, 9.17) is 10.4 Å². The van der Waals surface area contributed by atoms with Crippen molar-refractivity contribution in [2.24, 2.45) is 5.84 Å². The van der Waals surface area contributed by atoms with Crippen LogP contribution in [0.25, 0.3) is 0 Å². The Labute approximate surface area is 112 Å². The number of nitrogens with zero attached hydrogens (tertiary/aromatic N) is 3. The number of hydrazine groups is 1. The summed E-state index contributed by atoms with van der Waals surface area (Å²) in [5.41, 5.74) is 4.36. The van der Waals surface area contributed by atoms with Gasteiger partial charge in [0.25, 0.3) is 0 Å². The standard InChI is InChI=1S/C10H13BrN6O/c1-5-7(6(2)18-17-5)3-13-9-8(11)10(16-12)15-4-14-9/h4H,3,12H2,1-2H3,(H2,13,14,15,16). The minimum atomic E-state index is 0.520. The van der Waals surface area contributed by atoms with Crippen LogP contribution in [0.2, 0.25) is 0 Å². The predicted molar refractivity (Wildman–Crippen MR) is 70.8 cm³/mol. The van der Waals surface area contributed by atoms with Gasteiger partial charge in [-0.05, 0) is 29.8 Å². The zero-order valence-electron chi connectivity index (χ0n) is 9.99. The molecule has 4 N–H and O–H groups in total. The van der Waals surface area contributed by atoms with E-state index in [9.17, 15) is 0 Å². The lowest BCUT2D eigenvalue weighted by molar-refractivity contribution is 0.392. The molecule has 0 fully saturated rings. The molecule has 0 saturated heterocycles. The van der Waals surface area contributed by atoms with Gasteiger partial charge in [-0.2, -0.15) is 0 Å². The van der Waals surface area contributed by atoms with E-state index in [0.717, 1.165) is 17.0 Å². The molecular formula is C10H13BrN6O. The summed E-state index contributed by atoms with van der Waals surface area (Å²) >= 11 is 3.37. The van der Waals surface area contributed by atoms with Gasteiger partial charge in [0.1, 0.15) is 22.4 Å². The third kappa shape index (κ3) is 2.44. The Hall–Kier alpha value is -1.67. The zero-order valence-corrected chi connectivity index (χ0v) is 11.6. The third-order valence-electron chi connectivity index (χ3n) is 2.54. The molecule has 2 aromatic heterocycles. The number of halogens is 1. The average molecular weight is 313 g/mol. The molecule has 0 spiro atoms. The van der Waals surface area contributed by atoms with Gasteiger partial charge in [-0.3, -0.25) is 0 Å². The topological polar surface area (TPSA) is 102 Å². The molecule has 18 heavy (non-hydrogen) atoms. The van der Waals surface area contributed by atoms with Crippen LogP contribution in [0, 0.1) is 13.8 Å². The molecule has 0 bridgehead atoms. The smallest absolute Gasteiger partial charge is 0.159 e. The lowest BCUT2D eigenvalue weighted by atomic mass is 10.2. The summed E-state index contributed by atoms with van der Waals surface area (Å²) in [6.45, 7) is 4.34. The van der Waals surface area contributed by atoms with Crippen molar-refractivity contribution in [2.75, 3.05) is 10.7 Å². The maximum Gasteiger partial charge on any atom is 0.159 e. The van der Waals surface area contributed by atoms with Crippen LogP contribution in [0.15, 0.2) is 15.3 Å². The van der Waals surface area contributed by atoms with Crippen molar-refractivity contribution >= 4 is 27.6 Å². The first-order chi connectivity index (χ1) is 8.63. The van der Waals surface area contributed by atoms with Crippen molar-refractivity contribution in [3.63, 3.8) is 0 Å².